The van der Waals surface area contributed by atoms with E-state index in [9.17, 15) is 0 Å². The van der Waals surface area contributed by atoms with Crippen LogP contribution in [-0.4, -0.2) is 9.97 Å². The van der Waals surface area contributed by atoms with Crippen molar-refractivity contribution in [2.45, 2.75) is 17.6 Å². The largest absolute Gasteiger partial charge is 0.399 e. The van der Waals surface area contributed by atoms with E-state index < -0.39 is 0 Å². The fraction of sp³-hybridized carbons (Fsp3) is 0.125. The number of hydrogen-bond acceptors (Lipinski definition) is 5. The second-order valence-electron chi connectivity index (χ2n) is 4.67. The third-order valence-corrected chi connectivity index (χ3v) is 5.13. The smallest absolute Gasteiger partial charge is 0.142 e. The van der Waals surface area contributed by atoms with Crippen molar-refractivity contribution in [3.8, 4) is 10.7 Å². The zero-order valence-corrected chi connectivity index (χ0v) is 13.2. The number of benzene rings is 1. The van der Waals surface area contributed by atoms with E-state index in [0.717, 1.165) is 27.8 Å². The van der Waals surface area contributed by atoms with Gasteiger partial charge >= 0.3 is 0 Å². The van der Waals surface area contributed by atoms with Crippen molar-refractivity contribution in [2.24, 2.45) is 0 Å². The molecule has 0 unspecified atom stereocenters. The molecule has 0 spiro atoms. The predicted molar refractivity (Wildman–Crippen MR) is 90.5 cm³/mol. The van der Waals surface area contributed by atoms with Crippen LogP contribution in [0.25, 0.3) is 10.7 Å². The summed E-state index contributed by atoms with van der Waals surface area (Å²) in [5.74, 6) is 0.855. The molecule has 0 aliphatic heterocycles. The van der Waals surface area contributed by atoms with Gasteiger partial charge < -0.3 is 5.73 Å². The summed E-state index contributed by atoms with van der Waals surface area (Å²) in [5.41, 5.74) is 9.81. The molecule has 0 saturated heterocycles. The summed E-state index contributed by atoms with van der Waals surface area (Å²) in [6.45, 7) is 2.08. The Morgan fingerprint density at radius 3 is 2.90 bits per heavy atom. The highest BCUT2D eigenvalue weighted by molar-refractivity contribution is 7.98. The number of thiazole rings is 1. The van der Waals surface area contributed by atoms with Gasteiger partial charge in [0.1, 0.15) is 5.01 Å². The molecule has 2 N–H and O–H groups in total. The molecule has 0 bridgehead atoms. The van der Waals surface area contributed by atoms with Gasteiger partial charge in [0.2, 0.25) is 0 Å². The van der Waals surface area contributed by atoms with Crippen LogP contribution in [0.1, 0.15) is 11.3 Å². The molecule has 3 aromatic rings. The Kier molecular flexibility index (Phi) is 4.22. The molecule has 3 nitrogen and oxygen atoms in total. The first-order chi connectivity index (χ1) is 10.2. The van der Waals surface area contributed by atoms with Crippen LogP contribution in [0, 0.1) is 6.92 Å². The summed E-state index contributed by atoms with van der Waals surface area (Å²) in [4.78, 5) is 10.2. The van der Waals surface area contributed by atoms with Crippen molar-refractivity contribution in [2.75, 3.05) is 5.73 Å². The number of aromatic nitrogens is 2. The summed E-state index contributed by atoms with van der Waals surface area (Å²) in [7, 11) is 0. The second kappa shape index (κ2) is 6.28. The van der Waals surface area contributed by atoms with Crippen LogP contribution >= 0.6 is 23.1 Å². The molecule has 0 fully saturated rings. The van der Waals surface area contributed by atoms with Gasteiger partial charge in [-0.15, -0.1) is 23.1 Å². The molecule has 2 aromatic heterocycles. The summed E-state index contributed by atoms with van der Waals surface area (Å²) in [6, 6.07) is 11.9. The van der Waals surface area contributed by atoms with Crippen LogP contribution in [0.15, 0.2) is 52.9 Å². The van der Waals surface area contributed by atoms with Gasteiger partial charge in [-0.25, -0.2) is 4.98 Å². The van der Waals surface area contributed by atoms with Crippen LogP contribution < -0.4 is 5.73 Å². The Morgan fingerprint density at radius 1 is 1.24 bits per heavy atom. The molecule has 0 aliphatic carbocycles. The average molecular weight is 313 g/mol. The minimum absolute atomic E-state index is 0.808. The maximum absolute atomic E-state index is 5.78. The summed E-state index contributed by atoms with van der Waals surface area (Å²) < 4.78 is 0. The number of nitrogen functional groups attached to an aromatic ring is 1. The molecule has 0 radical (unpaired) electrons. The number of nitrogens with zero attached hydrogens (tertiary/aromatic N) is 2. The first-order valence-corrected chi connectivity index (χ1v) is 8.43. The van der Waals surface area contributed by atoms with Crippen molar-refractivity contribution < 1.29 is 0 Å². The number of nitrogens with two attached hydrogens (primary N) is 1. The summed E-state index contributed by atoms with van der Waals surface area (Å²) >= 11 is 3.42. The van der Waals surface area contributed by atoms with Gasteiger partial charge in [-0.1, -0.05) is 6.07 Å². The van der Waals surface area contributed by atoms with Crippen LogP contribution in [0.4, 0.5) is 5.69 Å². The fourth-order valence-electron chi connectivity index (χ4n) is 1.97. The number of thioether (sulfide) groups is 1. The zero-order chi connectivity index (χ0) is 14.7. The minimum Gasteiger partial charge on any atom is -0.399 e. The van der Waals surface area contributed by atoms with Crippen LogP contribution in [0.5, 0.6) is 0 Å². The molecule has 1 aromatic carbocycles. The molecular weight excluding hydrogens is 298 g/mol. The highest BCUT2D eigenvalue weighted by Crippen LogP contribution is 2.29. The molecule has 5 heteroatoms. The first kappa shape index (κ1) is 14.1. The molecule has 0 amide bonds. The van der Waals surface area contributed by atoms with Crippen molar-refractivity contribution in [1.29, 1.82) is 0 Å². The normalized spacial score (nSPS) is 10.7. The predicted octanol–water partition coefficient (Wildman–Crippen LogP) is 4.39. The lowest BCUT2D eigenvalue weighted by molar-refractivity contribution is 1.20. The van der Waals surface area contributed by atoms with E-state index in [4.69, 9.17) is 5.73 Å². The van der Waals surface area contributed by atoms with E-state index in [2.05, 4.69) is 28.3 Å². The second-order valence-corrected chi connectivity index (χ2v) is 6.55. The van der Waals surface area contributed by atoms with Gasteiger partial charge in [0, 0.05) is 27.9 Å². The number of rotatable bonds is 4. The third kappa shape index (κ3) is 3.43. The topological polar surface area (TPSA) is 51.8 Å². The monoisotopic (exact) mass is 313 g/mol. The molecule has 106 valence electrons. The van der Waals surface area contributed by atoms with Crippen LogP contribution in [0.3, 0.4) is 0 Å². The van der Waals surface area contributed by atoms with Gasteiger partial charge in [-0.05, 0) is 42.8 Å². The van der Waals surface area contributed by atoms with E-state index in [-0.39, 0.29) is 0 Å². The van der Waals surface area contributed by atoms with Gasteiger partial charge in [-0.3, -0.25) is 4.98 Å². The SMILES string of the molecule is Cc1cc(N)ccc1SCc1csc(-c2ccccn2)n1. The lowest BCUT2D eigenvalue weighted by Crippen LogP contribution is -1.88. The Labute approximate surface area is 132 Å². The van der Waals surface area contributed by atoms with Gasteiger partial charge in [0.15, 0.2) is 0 Å². The first-order valence-electron chi connectivity index (χ1n) is 6.57. The van der Waals surface area contributed by atoms with Crippen LogP contribution in [-0.2, 0) is 5.75 Å². The molecule has 21 heavy (non-hydrogen) atoms. The molecule has 0 atom stereocenters. The zero-order valence-electron chi connectivity index (χ0n) is 11.6. The number of aryl methyl sites for hydroxylation is 1. The maximum Gasteiger partial charge on any atom is 0.142 e. The lowest BCUT2D eigenvalue weighted by Gasteiger charge is -2.05. The molecule has 3 rings (SSSR count). The van der Waals surface area contributed by atoms with E-state index in [1.54, 1.807) is 29.3 Å². The minimum atomic E-state index is 0.808. The lowest BCUT2D eigenvalue weighted by atomic mass is 10.2. The van der Waals surface area contributed by atoms with Gasteiger partial charge in [0.25, 0.3) is 0 Å². The van der Waals surface area contributed by atoms with E-state index >= 15 is 0 Å². The van der Waals surface area contributed by atoms with E-state index in [0.29, 0.717) is 0 Å². The Hall–Kier alpha value is -1.85. The summed E-state index contributed by atoms with van der Waals surface area (Å²) in [6.07, 6.45) is 1.79. The number of anilines is 1. The summed E-state index contributed by atoms with van der Waals surface area (Å²) in [5, 5.41) is 3.07. The van der Waals surface area contributed by atoms with Gasteiger partial charge in [-0.2, -0.15) is 0 Å². The van der Waals surface area contributed by atoms with Crippen molar-refractivity contribution in [3.05, 3.63) is 59.2 Å². The Balaban J connectivity index is 1.70. The number of hydrogen-bond donors (Lipinski definition) is 1. The molecular formula is C16H15N3S2. The van der Waals surface area contributed by atoms with Crippen molar-refractivity contribution >= 4 is 28.8 Å². The standard InChI is InChI=1S/C16H15N3S2/c1-11-8-12(17)5-6-15(11)20-9-13-10-21-16(19-13)14-4-2-3-7-18-14/h2-8,10H,9,17H2,1H3. The quantitative estimate of drug-likeness (QED) is 0.573. The van der Waals surface area contributed by atoms with E-state index in [1.165, 1.54) is 10.5 Å². The van der Waals surface area contributed by atoms with E-state index in [1.807, 2.05) is 30.3 Å². The average Bonchev–Trinajstić information content (AvgIpc) is 2.96. The fourth-order valence-corrected chi connectivity index (χ4v) is 3.77. The van der Waals surface area contributed by atoms with Gasteiger partial charge in [0.05, 0.1) is 11.4 Å². The van der Waals surface area contributed by atoms with Crippen molar-refractivity contribution in [1.82, 2.24) is 9.97 Å². The molecule has 2 heterocycles. The molecule has 0 saturated carbocycles. The highest BCUT2D eigenvalue weighted by atomic mass is 32.2. The highest BCUT2D eigenvalue weighted by Gasteiger charge is 2.07. The van der Waals surface area contributed by atoms with Crippen molar-refractivity contribution in [3.63, 3.8) is 0 Å². The third-order valence-electron chi connectivity index (χ3n) is 3.01. The Morgan fingerprint density at radius 2 is 2.14 bits per heavy atom. The molecule has 0 aliphatic rings. The maximum atomic E-state index is 5.78. The Bertz CT molecular complexity index is 738. The van der Waals surface area contributed by atoms with Crippen LogP contribution in [0.2, 0.25) is 0 Å². The number of pyridine rings is 1.